The first-order chi connectivity index (χ1) is 11.1. The van der Waals surface area contributed by atoms with Gasteiger partial charge in [0.05, 0.1) is 0 Å². The summed E-state index contributed by atoms with van der Waals surface area (Å²) in [6.07, 6.45) is 0.315. The molecule has 7 heteroatoms. The van der Waals surface area contributed by atoms with Crippen molar-refractivity contribution < 1.29 is 9.59 Å². The fourth-order valence-corrected chi connectivity index (χ4v) is 2.69. The van der Waals surface area contributed by atoms with Gasteiger partial charge in [0.2, 0.25) is 5.91 Å². The molecule has 1 aliphatic heterocycles. The highest BCUT2D eigenvalue weighted by molar-refractivity contribution is 6.30. The van der Waals surface area contributed by atoms with Gasteiger partial charge in [0, 0.05) is 49.9 Å². The number of amides is 3. The number of nitrogens with zero attached hydrogens (tertiary/aromatic N) is 2. The zero-order valence-corrected chi connectivity index (χ0v) is 14.1. The van der Waals surface area contributed by atoms with Crippen LogP contribution in [0.5, 0.6) is 0 Å². The molecule has 0 bridgehead atoms. The molecular weight excluding hydrogens is 316 g/mol. The van der Waals surface area contributed by atoms with Gasteiger partial charge in [0.15, 0.2) is 0 Å². The molecule has 0 atom stereocenters. The fourth-order valence-electron chi connectivity index (χ4n) is 2.50. The maximum absolute atomic E-state index is 12.1. The Balaban J connectivity index is 1.66. The van der Waals surface area contributed by atoms with Gasteiger partial charge in [-0.05, 0) is 24.7 Å². The van der Waals surface area contributed by atoms with Crippen LogP contribution in [0.3, 0.4) is 0 Å². The second-order valence-corrected chi connectivity index (χ2v) is 5.89. The number of benzene rings is 1. The van der Waals surface area contributed by atoms with Crippen LogP contribution in [0, 0.1) is 0 Å². The van der Waals surface area contributed by atoms with Crippen LogP contribution in [0.2, 0.25) is 5.02 Å². The van der Waals surface area contributed by atoms with Gasteiger partial charge in [-0.2, -0.15) is 0 Å². The van der Waals surface area contributed by atoms with Gasteiger partial charge in [-0.1, -0.05) is 24.6 Å². The average Bonchev–Trinajstić information content (AvgIpc) is 2.55. The van der Waals surface area contributed by atoms with Crippen LogP contribution in [0.4, 0.5) is 10.5 Å². The Morgan fingerprint density at radius 2 is 1.96 bits per heavy atom. The Morgan fingerprint density at radius 1 is 1.22 bits per heavy atom. The third-order valence-electron chi connectivity index (χ3n) is 3.88. The number of piperazine rings is 1. The highest BCUT2D eigenvalue weighted by atomic mass is 35.5. The van der Waals surface area contributed by atoms with E-state index in [9.17, 15) is 9.59 Å². The van der Waals surface area contributed by atoms with Crippen LogP contribution < -0.4 is 10.6 Å². The van der Waals surface area contributed by atoms with Gasteiger partial charge in [0.25, 0.3) is 0 Å². The molecule has 1 saturated heterocycles. The quantitative estimate of drug-likeness (QED) is 0.863. The van der Waals surface area contributed by atoms with Gasteiger partial charge in [0.1, 0.15) is 0 Å². The Hall–Kier alpha value is -1.79. The molecule has 126 valence electrons. The average molecular weight is 339 g/mol. The van der Waals surface area contributed by atoms with Gasteiger partial charge < -0.3 is 20.4 Å². The van der Waals surface area contributed by atoms with E-state index in [1.54, 1.807) is 24.3 Å². The van der Waals surface area contributed by atoms with E-state index in [1.807, 2.05) is 4.90 Å². The minimum atomic E-state index is -0.337. The molecule has 2 N–H and O–H groups in total. The lowest BCUT2D eigenvalue weighted by Gasteiger charge is -2.34. The van der Waals surface area contributed by atoms with Crippen molar-refractivity contribution in [2.75, 3.05) is 44.6 Å². The summed E-state index contributed by atoms with van der Waals surface area (Å²) >= 11 is 5.86. The Kier molecular flexibility index (Phi) is 6.67. The lowest BCUT2D eigenvalue weighted by atomic mass is 10.2. The predicted molar refractivity (Wildman–Crippen MR) is 91.8 cm³/mol. The predicted octanol–water partition coefficient (Wildman–Crippen LogP) is 2.02. The first-order valence-electron chi connectivity index (χ1n) is 7.89. The number of hydrogen-bond acceptors (Lipinski definition) is 3. The van der Waals surface area contributed by atoms with Crippen molar-refractivity contribution in [3.05, 3.63) is 29.3 Å². The van der Waals surface area contributed by atoms with Gasteiger partial charge >= 0.3 is 6.03 Å². The van der Waals surface area contributed by atoms with Gasteiger partial charge in [-0.15, -0.1) is 0 Å². The second kappa shape index (κ2) is 8.74. The summed E-state index contributed by atoms with van der Waals surface area (Å²) < 4.78 is 0. The molecule has 0 radical (unpaired) electrons. The first-order valence-corrected chi connectivity index (χ1v) is 8.27. The van der Waals surface area contributed by atoms with Crippen molar-refractivity contribution in [3.8, 4) is 0 Å². The van der Waals surface area contributed by atoms with Crippen LogP contribution in [0.15, 0.2) is 24.3 Å². The summed E-state index contributed by atoms with van der Waals surface area (Å²) in [5, 5.41) is 5.93. The number of carbonyl (C=O) groups is 2. The summed E-state index contributed by atoms with van der Waals surface area (Å²) in [5.74, 6) is 0.0869. The summed E-state index contributed by atoms with van der Waals surface area (Å²) in [7, 11) is 0. The standard InChI is InChI=1S/C16H23ClN4O2/c1-2-20-8-10-21(11-9-20)15(22)6-7-18-16(23)19-14-5-3-4-13(17)12-14/h3-5,12H,2,6-11H2,1H3,(H2,18,19,23). The Labute approximate surface area is 141 Å². The summed E-state index contributed by atoms with van der Waals surface area (Å²) in [5.41, 5.74) is 0.622. The molecule has 0 aromatic heterocycles. The van der Waals surface area contributed by atoms with E-state index in [1.165, 1.54) is 0 Å². The third-order valence-corrected chi connectivity index (χ3v) is 4.11. The number of carbonyl (C=O) groups excluding carboxylic acids is 2. The highest BCUT2D eigenvalue weighted by Gasteiger charge is 2.19. The number of anilines is 1. The molecule has 1 aromatic carbocycles. The molecule has 23 heavy (non-hydrogen) atoms. The molecular formula is C16H23ClN4O2. The van der Waals surface area contributed by atoms with E-state index >= 15 is 0 Å². The molecule has 1 fully saturated rings. The number of halogens is 1. The van der Waals surface area contributed by atoms with Crippen LogP contribution in [-0.2, 0) is 4.79 Å². The largest absolute Gasteiger partial charge is 0.340 e. The molecule has 1 aliphatic rings. The fraction of sp³-hybridized carbons (Fsp3) is 0.500. The van der Waals surface area contributed by atoms with Crippen LogP contribution in [0.25, 0.3) is 0 Å². The molecule has 0 aliphatic carbocycles. The monoisotopic (exact) mass is 338 g/mol. The van der Waals surface area contributed by atoms with Crippen molar-refractivity contribution >= 4 is 29.2 Å². The number of nitrogens with one attached hydrogen (secondary N) is 2. The van der Waals surface area contributed by atoms with E-state index in [-0.39, 0.29) is 11.9 Å². The van der Waals surface area contributed by atoms with E-state index in [2.05, 4.69) is 22.5 Å². The normalized spacial score (nSPS) is 15.3. The summed E-state index contributed by atoms with van der Waals surface area (Å²) in [6.45, 7) is 6.84. The molecule has 0 spiro atoms. The zero-order valence-electron chi connectivity index (χ0n) is 13.3. The maximum Gasteiger partial charge on any atom is 0.319 e. The number of rotatable bonds is 5. The van der Waals surface area contributed by atoms with Crippen LogP contribution in [0.1, 0.15) is 13.3 Å². The van der Waals surface area contributed by atoms with Crippen molar-refractivity contribution in [1.29, 1.82) is 0 Å². The lowest BCUT2D eigenvalue weighted by Crippen LogP contribution is -2.49. The second-order valence-electron chi connectivity index (χ2n) is 5.46. The molecule has 1 heterocycles. The molecule has 3 amide bonds. The van der Waals surface area contributed by atoms with Gasteiger partial charge in [-0.3, -0.25) is 4.79 Å². The molecule has 2 rings (SSSR count). The van der Waals surface area contributed by atoms with E-state index in [0.29, 0.717) is 23.7 Å². The number of likely N-dealkylation sites (N-methyl/N-ethyl adjacent to an activating group) is 1. The Bertz CT molecular complexity index is 545. The van der Waals surface area contributed by atoms with E-state index in [0.717, 1.165) is 32.7 Å². The van der Waals surface area contributed by atoms with E-state index in [4.69, 9.17) is 11.6 Å². The zero-order chi connectivity index (χ0) is 16.7. The summed E-state index contributed by atoms with van der Waals surface area (Å²) in [4.78, 5) is 28.0. The van der Waals surface area contributed by atoms with Crippen LogP contribution in [-0.4, -0.2) is 61.0 Å². The van der Waals surface area contributed by atoms with Crippen molar-refractivity contribution in [3.63, 3.8) is 0 Å². The minimum Gasteiger partial charge on any atom is -0.340 e. The SMILES string of the molecule is CCN1CCN(C(=O)CCNC(=O)Nc2cccc(Cl)c2)CC1. The maximum atomic E-state index is 12.1. The van der Waals surface area contributed by atoms with Gasteiger partial charge in [-0.25, -0.2) is 4.79 Å². The molecule has 6 nitrogen and oxygen atoms in total. The molecule has 0 unspecified atom stereocenters. The van der Waals surface area contributed by atoms with Crippen LogP contribution >= 0.6 is 11.6 Å². The first kappa shape index (κ1) is 17.6. The smallest absolute Gasteiger partial charge is 0.319 e. The summed E-state index contributed by atoms with van der Waals surface area (Å²) in [6, 6.07) is 6.58. The molecule has 1 aromatic rings. The number of urea groups is 1. The van der Waals surface area contributed by atoms with Crippen molar-refractivity contribution in [1.82, 2.24) is 15.1 Å². The lowest BCUT2D eigenvalue weighted by molar-refractivity contribution is -0.132. The third kappa shape index (κ3) is 5.73. The minimum absolute atomic E-state index is 0.0869. The highest BCUT2D eigenvalue weighted by Crippen LogP contribution is 2.14. The van der Waals surface area contributed by atoms with Crippen molar-refractivity contribution in [2.24, 2.45) is 0 Å². The molecule has 0 saturated carbocycles. The Morgan fingerprint density at radius 3 is 2.61 bits per heavy atom. The topological polar surface area (TPSA) is 64.7 Å². The van der Waals surface area contributed by atoms with Crippen molar-refractivity contribution in [2.45, 2.75) is 13.3 Å². The number of hydrogen-bond donors (Lipinski definition) is 2. The van der Waals surface area contributed by atoms with E-state index < -0.39 is 0 Å².